The van der Waals surface area contributed by atoms with E-state index < -0.39 is 0 Å². The molecular weight excluding hydrogens is 356 g/mol. The quantitative estimate of drug-likeness (QED) is 0.426. The normalized spacial score (nSPS) is 15.2. The van der Waals surface area contributed by atoms with Crippen molar-refractivity contribution < 1.29 is 14.3 Å². The van der Waals surface area contributed by atoms with E-state index in [0.717, 1.165) is 44.6 Å². The molecule has 1 saturated heterocycles. The van der Waals surface area contributed by atoms with Gasteiger partial charge in [-0.15, -0.1) is 0 Å². The smallest absolute Gasteiger partial charge is 0.309 e. The summed E-state index contributed by atoms with van der Waals surface area (Å²) < 4.78 is 5.12. The summed E-state index contributed by atoms with van der Waals surface area (Å²) in [6, 6.07) is 7.84. The van der Waals surface area contributed by atoms with Crippen LogP contribution >= 0.6 is 0 Å². The lowest BCUT2D eigenvalue weighted by Crippen LogP contribution is -2.47. The predicted octanol–water partition coefficient (Wildman–Crippen LogP) is 2.43. The molecule has 0 atom stereocenters. The first-order chi connectivity index (χ1) is 13.6. The Morgan fingerprint density at radius 3 is 2.61 bits per heavy atom. The molecule has 0 aliphatic carbocycles. The molecule has 1 fully saturated rings. The summed E-state index contributed by atoms with van der Waals surface area (Å²) in [5.41, 5.74) is 1.97. The Labute approximate surface area is 167 Å². The van der Waals surface area contributed by atoms with Gasteiger partial charge in [-0.25, -0.2) is 4.99 Å². The number of rotatable bonds is 7. The van der Waals surface area contributed by atoms with E-state index in [1.54, 1.807) is 0 Å². The zero-order valence-corrected chi connectivity index (χ0v) is 17.2. The maximum atomic E-state index is 12.3. The van der Waals surface area contributed by atoms with Gasteiger partial charge >= 0.3 is 5.97 Å². The van der Waals surface area contributed by atoms with Crippen LogP contribution in [-0.4, -0.2) is 55.5 Å². The summed E-state index contributed by atoms with van der Waals surface area (Å²) in [5.74, 6) is 0.401. The lowest BCUT2D eigenvalue weighted by atomic mass is 9.97. The number of nitrogens with zero attached hydrogens (tertiary/aromatic N) is 2. The van der Waals surface area contributed by atoms with Crippen molar-refractivity contribution in [1.82, 2.24) is 10.2 Å². The first kappa shape index (κ1) is 21.7. The fourth-order valence-corrected chi connectivity index (χ4v) is 3.23. The van der Waals surface area contributed by atoms with Crippen LogP contribution < -0.4 is 10.6 Å². The summed E-state index contributed by atoms with van der Waals surface area (Å²) in [6.07, 6.45) is 2.40. The number of esters is 1. The largest absolute Gasteiger partial charge is 0.466 e. The van der Waals surface area contributed by atoms with E-state index in [1.165, 1.54) is 5.56 Å². The lowest BCUT2D eigenvalue weighted by molar-refractivity contribution is -0.149. The molecule has 154 valence electrons. The monoisotopic (exact) mass is 388 g/mol. The number of hydrogen-bond donors (Lipinski definition) is 2. The van der Waals surface area contributed by atoms with E-state index in [-0.39, 0.29) is 24.3 Å². The number of benzene rings is 1. The Balaban J connectivity index is 1.91. The number of aryl methyl sites for hydroxylation is 1. The zero-order chi connectivity index (χ0) is 20.4. The number of guanidine groups is 1. The standard InChI is InChI=1S/C21H32N4O3/c1-4-16-8-7-9-18(14-16)24-19(26)15-23-21(22-5-2)25-12-10-17(11-13-25)20(27)28-6-3/h7-9,14,17H,4-6,10-13,15H2,1-3H3,(H,22,23)(H,24,26). The third-order valence-electron chi connectivity index (χ3n) is 4.74. The maximum absolute atomic E-state index is 12.3. The highest BCUT2D eigenvalue weighted by molar-refractivity contribution is 5.94. The summed E-state index contributed by atoms with van der Waals surface area (Å²) in [5, 5.41) is 6.14. The zero-order valence-electron chi connectivity index (χ0n) is 17.2. The minimum atomic E-state index is -0.148. The summed E-state index contributed by atoms with van der Waals surface area (Å²) >= 11 is 0. The fraction of sp³-hybridized carbons (Fsp3) is 0.571. The Kier molecular flexibility index (Phi) is 8.78. The van der Waals surface area contributed by atoms with E-state index in [2.05, 4.69) is 27.4 Å². The van der Waals surface area contributed by atoms with Gasteiger partial charge in [-0.1, -0.05) is 19.1 Å². The molecule has 0 saturated carbocycles. The number of aliphatic imine (C=N–C) groups is 1. The molecule has 1 aromatic rings. The van der Waals surface area contributed by atoms with Crippen LogP contribution in [-0.2, 0) is 20.7 Å². The van der Waals surface area contributed by atoms with Crippen LogP contribution in [0.2, 0.25) is 0 Å². The highest BCUT2D eigenvalue weighted by Crippen LogP contribution is 2.19. The average Bonchev–Trinajstić information content (AvgIpc) is 2.71. The summed E-state index contributed by atoms with van der Waals surface area (Å²) in [7, 11) is 0. The van der Waals surface area contributed by atoms with Gasteiger partial charge in [0.15, 0.2) is 5.96 Å². The number of carbonyl (C=O) groups excluding carboxylic acids is 2. The lowest BCUT2D eigenvalue weighted by Gasteiger charge is -2.33. The molecular formula is C21H32N4O3. The number of carbonyl (C=O) groups is 2. The van der Waals surface area contributed by atoms with E-state index in [4.69, 9.17) is 4.74 Å². The van der Waals surface area contributed by atoms with Gasteiger partial charge in [-0.2, -0.15) is 0 Å². The summed E-state index contributed by atoms with van der Waals surface area (Å²) in [4.78, 5) is 30.8. The predicted molar refractivity (Wildman–Crippen MR) is 111 cm³/mol. The fourth-order valence-electron chi connectivity index (χ4n) is 3.23. The van der Waals surface area contributed by atoms with E-state index in [0.29, 0.717) is 12.6 Å². The van der Waals surface area contributed by atoms with Crippen molar-refractivity contribution in [2.24, 2.45) is 10.9 Å². The van der Waals surface area contributed by atoms with E-state index in [9.17, 15) is 9.59 Å². The van der Waals surface area contributed by atoms with Crippen LogP contribution in [0.4, 0.5) is 5.69 Å². The molecule has 0 bridgehead atoms. The number of piperidine rings is 1. The van der Waals surface area contributed by atoms with Gasteiger partial charge in [-0.05, 0) is 50.8 Å². The second kappa shape index (κ2) is 11.3. The highest BCUT2D eigenvalue weighted by atomic mass is 16.5. The molecule has 1 aliphatic heterocycles. The van der Waals surface area contributed by atoms with Gasteiger partial charge in [0.05, 0.1) is 12.5 Å². The van der Waals surface area contributed by atoms with Crippen LogP contribution in [0.3, 0.4) is 0 Å². The second-order valence-corrected chi connectivity index (χ2v) is 6.79. The molecule has 2 N–H and O–H groups in total. The number of amides is 1. The van der Waals surface area contributed by atoms with Crippen LogP contribution in [0.15, 0.2) is 29.3 Å². The highest BCUT2D eigenvalue weighted by Gasteiger charge is 2.27. The molecule has 1 heterocycles. The molecule has 0 aromatic heterocycles. The van der Waals surface area contributed by atoms with Gasteiger partial charge in [0.2, 0.25) is 5.91 Å². The van der Waals surface area contributed by atoms with E-state index in [1.807, 2.05) is 38.1 Å². The molecule has 2 rings (SSSR count). The number of ether oxygens (including phenoxy) is 1. The Morgan fingerprint density at radius 1 is 1.21 bits per heavy atom. The van der Waals surface area contributed by atoms with Crippen molar-refractivity contribution in [2.75, 3.05) is 38.1 Å². The second-order valence-electron chi connectivity index (χ2n) is 6.79. The van der Waals surface area contributed by atoms with Crippen molar-refractivity contribution in [1.29, 1.82) is 0 Å². The Hall–Kier alpha value is -2.57. The van der Waals surface area contributed by atoms with Gasteiger partial charge in [0.1, 0.15) is 6.54 Å². The molecule has 0 spiro atoms. The van der Waals surface area contributed by atoms with Crippen molar-refractivity contribution in [3.05, 3.63) is 29.8 Å². The van der Waals surface area contributed by atoms with Gasteiger partial charge in [0.25, 0.3) is 0 Å². The number of anilines is 1. The van der Waals surface area contributed by atoms with Gasteiger partial charge in [0, 0.05) is 25.3 Å². The molecule has 1 aliphatic rings. The van der Waals surface area contributed by atoms with Crippen LogP contribution in [0, 0.1) is 5.92 Å². The third-order valence-corrected chi connectivity index (χ3v) is 4.74. The molecule has 1 aromatic carbocycles. The number of nitrogens with one attached hydrogen (secondary N) is 2. The van der Waals surface area contributed by atoms with E-state index >= 15 is 0 Å². The third kappa shape index (κ3) is 6.55. The van der Waals surface area contributed by atoms with Crippen LogP contribution in [0.1, 0.15) is 39.2 Å². The SMILES string of the molecule is CCNC(=NCC(=O)Nc1cccc(CC)c1)N1CCC(C(=O)OCC)CC1. The average molecular weight is 389 g/mol. The minimum absolute atomic E-state index is 0.0479. The summed E-state index contributed by atoms with van der Waals surface area (Å²) in [6.45, 7) is 8.53. The first-order valence-electron chi connectivity index (χ1n) is 10.2. The first-order valence-corrected chi connectivity index (χ1v) is 10.2. The molecule has 7 heteroatoms. The molecule has 28 heavy (non-hydrogen) atoms. The molecule has 0 unspecified atom stereocenters. The molecule has 7 nitrogen and oxygen atoms in total. The van der Waals surface area contributed by atoms with Crippen molar-refractivity contribution in [2.45, 2.75) is 40.0 Å². The maximum Gasteiger partial charge on any atom is 0.309 e. The molecule has 0 radical (unpaired) electrons. The van der Waals surface area contributed by atoms with Crippen LogP contribution in [0.5, 0.6) is 0 Å². The van der Waals surface area contributed by atoms with Gasteiger partial charge in [-0.3, -0.25) is 9.59 Å². The minimum Gasteiger partial charge on any atom is -0.466 e. The van der Waals surface area contributed by atoms with Gasteiger partial charge < -0.3 is 20.3 Å². The van der Waals surface area contributed by atoms with Crippen molar-refractivity contribution >= 4 is 23.5 Å². The Morgan fingerprint density at radius 2 is 1.96 bits per heavy atom. The van der Waals surface area contributed by atoms with Crippen molar-refractivity contribution in [3.63, 3.8) is 0 Å². The number of likely N-dealkylation sites (tertiary alicyclic amines) is 1. The van der Waals surface area contributed by atoms with Crippen molar-refractivity contribution in [3.8, 4) is 0 Å². The topological polar surface area (TPSA) is 83.0 Å². The number of hydrogen-bond acceptors (Lipinski definition) is 4. The Bertz CT molecular complexity index is 682. The molecule has 1 amide bonds. The van der Waals surface area contributed by atoms with Crippen LogP contribution in [0.25, 0.3) is 0 Å².